The van der Waals surface area contributed by atoms with Crippen LogP contribution in [0.3, 0.4) is 0 Å². The van der Waals surface area contributed by atoms with Gasteiger partial charge in [0.05, 0.1) is 22.6 Å². The van der Waals surface area contributed by atoms with Gasteiger partial charge in [0, 0.05) is 16.8 Å². The predicted octanol–water partition coefficient (Wildman–Crippen LogP) is 1.79. The molecule has 0 aliphatic rings. The van der Waals surface area contributed by atoms with Gasteiger partial charge in [-0.1, -0.05) is 6.92 Å². The van der Waals surface area contributed by atoms with Gasteiger partial charge < -0.3 is 5.32 Å². The van der Waals surface area contributed by atoms with E-state index in [9.17, 15) is 8.42 Å². The lowest BCUT2D eigenvalue weighted by atomic mass is 10.4. The number of aromatic nitrogens is 1. The van der Waals surface area contributed by atoms with Crippen molar-refractivity contribution >= 4 is 32.7 Å². The maximum Gasteiger partial charge on any atom is 0.242 e. The van der Waals surface area contributed by atoms with Gasteiger partial charge in [-0.25, -0.2) is 18.1 Å². The molecule has 2 aromatic heterocycles. The van der Waals surface area contributed by atoms with E-state index in [2.05, 4.69) is 15.0 Å². The summed E-state index contributed by atoms with van der Waals surface area (Å²) in [7, 11) is -3.47. The molecule has 0 amide bonds. The lowest BCUT2D eigenvalue weighted by Crippen LogP contribution is -2.24. The number of thiazole rings is 1. The highest BCUT2D eigenvalue weighted by Gasteiger charge is 2.19. The van der Waals surface area contributed by atoms with Crippen molar-refractivity contribution in [2.75, 3.05) is 6.54 Å². The van der Waals surface area contributed by atoms with Crippen molar-refractivity contribution < 1.29 is 8.42 Å². The molecule has 104 valence electrons. The van der Waals surface area contributed by atoms with Crippen molar-refractivity contribution in [1.82, 2.24) is 15.0 Å². The van der Waals surface area contributed by atoms with Crippen LogP contribution in [0.2, 0.25) is 0 Å². The fourth-order valence-corrected chi connectivity index (χ4v) is 4.48. The van der Waals surface area contributed by atoms with Crippen LogP contribution in [0.1, 0.15) is 17.5 Å². The molecule has 0 aliphatic carbocycles. The van der Waals surface area contributed by atoms with Crippen LogP contribution in [-0.4, -0.2) is 19.9 Å². The van der Waals surface area contributed by atoms with E-state index in [1.165, 1.54) is 22.7 Å². The van der Waals surface area contributed by atoms with Gasteiger partial charge >= 0.3 is 0 Å². The summed E-state index contributed by atoms with van der Waals surface area (Å²) in [6, 6.07) is 1.64. The zero-order valence-corrected chi connectivity index (χ0v) is 12.9. The molecule has 19 heavy (non-hydrogen) atoms. The molecule has 0 saturated carbocycles. The van der Waals surface area contributed by atoms with Crippen molar-refractivity contribution in [3.05, 3.63) is 32.9 Å². The Morgan fingerprint density at radius 3 is 2.89 bits per heavy atom. The van der Waals surface area contributed by atoms with Gasteiger partial charge in [-0.3, -0.25) is 0 Å². The highest BCUT2D eigenvalue weighted by molar-refractivity contribution is 7.89. The SMILES string of the molecule is CCNCc1sccc1S(=O)(=O)NCc1cscn1. The van der Waals surface area contributed by atoms with Crippen molar-refractivity contribution in [2.24, 2.45) is 0 Å². The number of hydrogen-bond acceptors (Lipinski definition) is 6. The van der Waals surface area contributed by atoms with Gasteiger partial charge in [-0.05, 0) is 18.0 Å². The third-order valence-electron chi connectivity index (χ3n) is 2.46. The summed E-state index contributed by atoms with van der Waals surface area (Å²) in [5.74, 6) is 0. The van der Waals surface area contributed by atoms with Gasteiger partial charge in [-0.2, -0.15) is 0 Å². The van der Waals surface area contributed by atoms with Gasteiger partial charge in [0.1, 0.15) is 0 Å². The second kappa shape index (κ2) is 6.58. The summed E-state index contributed by atoms with van der Waals surface area (Å²) < 4.78 is 27.0. The summed E-state index contributed by atoms with van der Waals surface area (Å²) in [4.78, 5) is 5.24. The Labute approximate surface area is 120 Å². The summed E-state index contributed by atoms with van der Waals surface area (Å²) in [6.07, 6.45) is 0. The van der Waals surface area contributed by atoms with Crippen LogP contribution < -0.4 is 10.0 Å². The Kier molecular flexibility index (Phi) is 5.06. The van der Waals surface area contributed by atoms with Crippen molar-refractivity contribution in [3.8, 4) is 0 Å². The first-order chi connectivity index (χ1) is 9.13. The second-order valence-electron chi connectivity index (χ2n) is 3.79. The van der Waals surface area contributed by atoms with Crippen molar-refractivity contribution in [2.45, 2.75) is 24.9 Å². The third kappa shape index (κ3) is 3.83. The lowest BCUT2D eigenvalue weighted by molar-refractivity contribution is 0.579. The zero-order chi connectivity index (χ0) is 13.7. The van der Waals surface area contributed by atoms with E-state index in [1.54, 1.807) is 17.0 Å². The molecule has 0 aromatic carbocycles. The Morgan fingerprint density at radius 2 is 2.21 bits per heavy atom. The predicted molar refractivity (Wildman–Crippen MR) is 77.8 cm³/mol. The number of nitrogens with one attached hydrogen (secondary N) is 2. The van der Waals surface area contributed by atoms with Crippen LogP contribution in [0.25, 0.3) is 0 Å². The number of hydrogen-bond donors (Lipinski definition) is 2. The van der Waals surface area contributed by atoms with Gasteiger partial charge in [0.25, 0.3) is 0 Å². The standard InChI is InChI=1S/C11H15N3O2S3/c1-2-12-6-10-11(3-4-18-10)19(15,16)14-5-9-7-17-8-13-9/h3-4,7-8,12,14H,2,5-6H2,1H3. The van der Waals surface area contributed by atoms with Gasteiger partial charge in [-0.15, -0.1) is 22.7 Å². The molecule has 0 atom stereocenters. The topological polar surface area (TPSA) is 71.1 Å². The molecule has 0 fully saturated rings. The number of sulfonamides is 1. The first-order valence-electron chi connectivity index (χ1n) is 5.77. The van der Waals surface area contributed by atoms with Crippen LogP contribution in [0.5, 0.6) is 0 Å². The molecule has 0 radical (unpaired) electrons. The van der Waals surface area contributed by atoms with Gasteiger partial charge in [0.2, 0.25) is 10.0 Å². The monoisotopic (exact) mass is 317 g/mol. The Hall–Kier alpha value is -0.800. The minimum Gasteiger partial charge on any atom is -0.312 e. The van der Waals surface area contributed by atoms with Crippen LogP contribution in [0.15, 0.2) is 27.2 Å². The number of nitrogens with zero attached hydrogens (tertiary/aromatic N) is 1. The Bertz CT molecular complexity index is 605. The van der Waals surface area contributed by atoms with E-state index in [0.29, 0.717) is 11.4 Å². The van der Waals surface area contributed by atoms with Crippen LogP contribution in [0, 0.1) is 0 Å². The fraction of sp³-hybridized carbons (Fsp3) is 0.364. The maximum absolute atomic E-state index is 12.2. The summed E-state index contributed by atoms with van der Waals surface area (Å²) in [6.45, 7) is 3.59. The summed E-state index contributed by atoms with van der Waals surface area (Å²) in [5.41, 5.74) is 2.42. The van der Waals surface area contributed by atoms with Gasteiger partial charge in [0.15, 0.2) is 0 Å². The molecule has 0 unspecified atom stereocenters. The average Bonchev–Trinajstić information content (AvgIpc) is 3.05. The highest BCUT2D eigenvalue weighted by atomic mass is 32.2. The normalized spacial score (nSPS) is 11.8. The summed E-state index contributed by atoms with van der Waals surface area (Å²) >= 11 is 2.89. The Balaban J connectivity index is 2.08. The number of rotatable bonds is 7. The first-order valence-corrected chi connectivity index (χ1v) is 9.08. The molecule has 0 saturated heterocycles. The minimum atomic E-state index is -3.47. The fourth-order valence-electron chi connectivity index (χ4n) is 1.51. The molecular formula is C11H15N3O2S3. The van der Waals surface area contributed by atoms with E-state index in [-0.39, 0.29) is 6.54 Å². The molecule has 2 heterocycles. The molecule has 5 nitrogen and oxygen atoms in total. The molecule has 2 N–H and O–H groups in total. The maximum atomic E-state index is 12.2. The van der Waals surface area contributed by atoms with Crippen molar-refractivity contribution in [3.63, 3.8) is 0 Å². The number of thiophene rings is 1. The quantitative estimate of drug-likeness (QED) is 0.817. The van der Waals surface area contributed by atoms with E-state index in [1.807, 2.05) is 12.3 Å². The van der Waals surface area contributed by atoms with Crippen LogP contribution >= 0.6 is 22.7 Å². The first kappa shape index (κ1) is 14.6. The smallest absolute Gasteiger partial charge is 0.242 e. The molecule has 0 aliphatic heterocycles. The largest absolute Gasteiger partial charge is 0.312 e. The molecule has 0 bridgehead atoms. The average molecular weight is 317 g/mol. The van der Waals surface area contributed by atoms with Crippen LogP contribution in [-0.2, 0) is 23.1 Å². The molecule has 0 spiro atoms. The van der Waals surface area contributed by atoms with E-state index in [4.69, 9.17) is 0 Å². The van der Waals surface area contributed by atoms with Crippen molar-refractivity contribution in [1.29, 1.82) is 0 Å². The summed E-state index contributed by atoms with van der Waals surface area (Å²) in [5, 5.41) is 6.77. The second-order valence-corrected chi connectivity index (χ2v) is 7.25. The molecule has 2 aromatic rings. The minimum absolute atomic E-state index is 0.225. The van der Waals surface area contributed by atoms with E-state index in [0.717, 1.165) is 17.1 Å². The van der Waals surface area contributed by atoms with E-state index >= 15 is 0 Å². The molecule has 2 rings (SSSR count). The van der Waals surface area contributed by atoms with Crippen LogP contribution in [0.4, 0.5) is 0 Å². The molecular weight excluding hydrogens is 302 g/mol. The lowest BCUT2D eigenvalue weighted by Gasteiger charge is -2.07. The zero-order valence-electron chi connectivity index (χ0n) is 10.4. The molecule has 8 heteroatoms. The van der Waals surface area contributed by atoms with E-state index < -0.39 is 10.0 Å². The Morgan fingerprint density at radius 1 is 1.37 bits per heavy atom. The third-order valence-corrected chi connectivity index (χ3v) is 5.63. The highest BCUT2D eigenvalue weighted by Crippen LogP contribution is 2.21.